The van der Waals surface area contributed by atoms with Crippen LogP contribution in [-0.2, 0) is 0 Å². The van der Waals surface area contributed by atoms with E-state index in [1.165, 1.54) is 6.07 Å². The van der Waals surface area contributed by atoms with Gasteiger partial charge in [0.1, 0.15) is 5.75 Å². The normalized spacial score (nSPS) is 13.1. The predicted molar refractivity (Wildman–Crippen MR) is 68.1 cm³/mol. The minimum atomic E-state index is -2.89. The van der Waals surface area contributed by atoms with Crippen LogP contribution in [0.2, 0.25) is 0 Å². The lowest BCUT2D eigenvalue weighted by Gasteiger charge is -2.30. The molecule has 104 valence electrons. The van der Waals surface area contributed by atoms with Crippen LogP contribution < -0.4 is 10.5 Å². The molecule has 6 heteroatoms. The van der Waals surface area contributed by atoms with Gasteiger partial charge in [0.25, 0.3) is 0 Å². The van der Waals surface area contributed by atoms with E-state index in [9.17, 15) is 13.9 Å². The highest BCUT2D eigenvalue weighted by atomic mass is 35.5. The molecule has 0 aliphatic heterocycles. The number of aliphatic hydroxyl groups is 1. The van der Waals surface area contributed by atoms with Crippen molar-refractivity contribution in [1.82, 2.24) is 0 Å². The Kier molecular flexibility index (Phi) is 6.52. The molecule has 0 aliphatic carbocycles. The van der Waals surface area contributed by atoms with E-state index in [4.69, 9.17) is 5.73 Å². The molecular formula is C12H18ClF2NO2. The third-order valence-corrected chi connectivity index (χ3v) is 2.72. The maximum absolute atomic E-state index is 12.2. The number of hydrogen-bond acceptors (Lipinski definition) is 3. The number of ether oxygens (including phenoxy) is 1. The van der Waals surface area contributed by atoms with E-state index in [1.54, 1.807) is 32.0 Å². The van der Waals surface area contributed by atoms with E-state index in [1.807, 2.05) is 0 Å². The molecule has 3 nitrogen and oxygen atoms in total. The number of hydrogen-bond donors (Lipinski definition) is 2. The first kappa shape index (κ1) is 17.1. The second kappa shape index (κ2) is 6.87. The smallest absolute Gasteiger partial charge is 0.387 e. The fourth-order valence-electron chi connectivity index (χ4n) is 1.46. The molecule has 0 radical (unpaired) electrons. The first-order chi connectivity index (χ1) is 7.88. The van der Waals surface area contributed by atoms with Gasteiger partial charge in [-0.3, -0.25) is 0 Å². The average Bonchev–Trinajstić information content (AvgIpc) is 2.28. The van der Waals surface area contributed by atoms with Crippen LogP contribution in [0.4, 0.5) is 8.78 Å². The van der Waals surface area contributed by atoms with E-state index in [-0.39, 0.29) is 24.8 Å². The van der Waals surface area contributed by atoms with Gasteiger partial charge in [-0.15, -0.1) is 12.4 Å². The molecule has 1 rings (SSSR count). The molecule has 0 amide bonds. The lowest BCUT2D eigenvalue weighted by atomic mass is 9.81. The van der Waals surface area contributed by atoms with Gasteiger partial charge >= 0.3 is 6.61 Å². The lowest BCUT2D eigenvalue weighted by Crippen LogP contribution is -2.32. The zero-order valence-electron chi connectivity index (χ0n) is 10.3. The van der Waals surface area contributed by atoms with E-state index in [2.05, 4.69) is 4.74 Å². The van der Waals surface area contributed by atoms with Crippen molar-refractivity contribution in [2.75, 3.05) is 6.61 Å². The summed E-state index contributed by atoms with van der Waals surface area (Å²) in [5, 5.41) is 9.23. The van der Waals surface area contributed by atoms with Crippen molar-refractivity contribution in [3.05, 3.63) is 29.8 Å². The summed E-state index contributed by atoms with van der Waals surface area (Å²) >= 11 is 0. The van der Waals surface area contributed by atoms with Crippen molar-refractivity contribution in [3.8, 4) is 5.75 Å². The van der Waals surface area contributed by atoms with Crippen LogP contribution in [0, 0.1) is 5.41 Å². The largest absolute Gasteiger partial charge is 0.434 e. The molecular weight excluding hydrogens is 264 g/mol. The summed E-state index contributed by atoms with van der Waals surface area (Å²) in [4.78, 5) is 0. The number of rotatable bonds is 5. The molecule has 18 heavy (non-hydrogen) atoms. The molecule has 0 saturated carbocycles. The fraction of sp³-hybridized carbons (Fsp3) is 0.500. The summed E-state index contributed by atoms with van der Waals surface area (Å²) in [5.41, 5.74) is 5.83. The monoisotopic (exact) mass is 281 g/mol. The summed E-state index contributed by atoms with van der Waals surface area (Å²) in [6.07, 6.45) is 0. The molecule has 0 heterocycles. The van der Waals surface area contributed by atoms with Crippen LogP contribution in [-0.4, -0.2) is 18.3 Å². The first-order valence-electron chi connectivity index (χ1n) is 5.28. The Morgan fingerprint density at radius 1 is 1.33 bits per heavy atom. The minimum absolute atomic E-state index is 0. The molecule has 0 unspecified atom stereocenters. The van der Waals surface area contributed by atoms with E-state index in [0.717, 1.165) is 0 Å². The van der Waals surface area contributed by atoms with Crippen molar-refractivity contribution in [2.45, 2.75) is 26.5 Å². The Morgan fingerprint density at radius 3 is 2.39 bits per heavy atom. The first-order valence-corrected chi connectivity index (χ1v) is 5.28. The Balaban J connectivity index is 0.00000289. The molecule has 0 fully saturated rings. The summed E-state index contributed by atoms with van der Waals surface area (Å²) in [6, 6.07) is 5.78. The van der Waals surface area contributed by atoms with Crippen molar-refractivity contribution in [2.24, 2.45) is 11.1 Å². The summed E-state index contributed by atoms with van der Waals surface area (Å²) < 4.78 is 28.9. The molecule has 0 aromatic heterocycles. The van der Waals surface area contributed by atoms with Gasteiger partial charge in [0.2, 0.25) is 0 Å². The van der Waals surface area contributed by atoms with Crippen LogP contribution in [0.5, 0.6) is 5.75 Å². The molecule has 0 spiro atoms. The molecule has 1 atom stereocenters. The standard InChI is InChI=1S/C12H17F2NO2.ClH/c1-12(2,7-16)10(15)8-5-3-4-6-9(8)17-11(13)14;/h3-6,10-11,16H,7,15H2,1-2H3;1H/t10-;/m0./s1. The second-order valence-corrected chi connectivity index (χ2v) is 4.54. The number of benzene rings is 1. The second-order valence-electron chi connectivity index (χ2n) is 4.54. The molecule has 1 aromatic carbocycles. The van der Waals surface area contributed by atoms with Gasteiger partial charge in [0.15, 0.2) is 0 Å². The van der Waals surface area contributed by atoms with Gasteiger partial charge in [-0.1, -0.05) is 32.0 Å². The fourth-order valence-corrected chi connectivity index (χ4v) is 1.46. The van der Waals surface area contributed by atoms with Crippen molar-refractivity contribution in [1.29, 1.82) is 0 Å². The Bertz CT molecular complexity index is 375. The molecule has 3 N–H and O–H groups in total. The zero-order chi connectivity index (χ0) is 13.1. The highest BCUT2D eigenvalue weighted by molar-refractivity contribution is 5.85. The summed E-state index contributed by atoms with van der Waals surface area (Å²) in [7, 11) is 0. The third-order valence-electron chi connectivity index (χ3n) is 2.72. The molecule has 0 saturated heterocycles. The van der Waals surface area contributed by atoms with Crippen LogP contribution >= 0.6 is 12.4 Å². The summed E-state index contributed by atoms with van der Waals surface area (Å²) in [5.74, 6) is 0.0523. The zero-order valence-corrected chi connectivity index (χ0v) is 11.1. The molecule has 0 bridgehead atoms. The number of alkyl halides is 2. The maximum atomic E-state index is 12.2. The van der Waals surface area contributed by atoms with Crippen LogP contribution in [0.1, 0.15) is 25.5 Å². The van der Waals surface area contributed by atoms with Crippen molar-refractivity contribution >= 4 is 12.4 Å². The number of halogens is 3. The SMILES string of the molecule is CC(C)(CO)[C@@H](N)c1ccccc1OC(F)F.Cl. The Morgan fingerprint density at radius 2 is 1.89 bits per heavy atom. The highest BCUT2D eigenvalue weighted by Crippen LogP contribution is 2.35. The topological polar surface area (TPSA) is 55.5 Å². The van der Waals surface area contributed by atoms with Crippen LogP contribution in [0.25, 0.3) is 0 Å². The van der Waals surface area contributed by atoms with E-state index < -0.39 is 18.1 Å². The number of para-hydroxylation sites is 1. The average molecular weight is 282 g/mol. The maximum Gasteiger partial charge on any atom is 0.387 e. The van der Waals surface area contributed by atoms with Crippen LogP contribution in [0.15, 0.2) is 24.3 Å². The summed E-state index contributed by atoms with van der Waals surface area (Å²) in [6.45, 7) is 0.491. The highest BCUT2D eigenvalue weighted by Gasteiger charge is 2.29. The Hall–Kier alpha value is -0.910. The lowest BCUT2D eigenvalue weighted by molar-refractivity contribution is -0.0511. The predicted octanol–water partition coefficient (Wildman–Crippen LogP) is 2.73. The number of aliphatic hydroxyl groups excluding tert-OH is 1. The Labute approximate surface area is 111 Å². The minimum Gasteiger partial charge on any atom is -0.434 e. The van der Waals surface area contributed by atoms with E-state index in [0.29, 0.717) is 5.56 Å². The third kappa shape index (κ3) is 4.08. The van der Waals surface area contributed by atoms with Gasteiger partial charge in [-0.25, -0.2) is 0 Å². The van der Waals surface area contributed by atoms with E-state index >= 15 is 0 Å². The van der Waals surface area contributed by atoms with Crippen molar-refractivity contribution < 1.29 is 18.6 Å². The van der Waals surface area contributed by atoms with Crippen LogP contribution in [0.3, 0.4) is 0 Å². The number of nitrogens with two attached hydrogens (primary N) is 1. The van der Waals surface area contributed by atoms with Gasteiger partial charge < -0.3 is 15.6 Å². The van der Waals surface area contributed by atoms with Crippen molar-refractivity contribution in [3.63, 3.8) is 0 Å². The molecule has 1 aromatic rings. The van der Waals surface area contributed by atoms with Gasteiger partial charge in [0, 0.05) is 23.6 Å². The van der Waals surface area contributed by atoms with Gasteiger partial charge in [-0.05, 0) is 6.07 Å². The molecule has 0 aliphatic rings. The quantitative estimate of drug-likeness (QED) is 0.872. The van der Waals surface area contributed by atoms with Gasteiger partial charge in [0.05, 0.1) is 0 Å². The van der Waals surface area contributed by atoms with Gasteiger partial charge in [-0.2, -0.15) is 8.78 Å².